The molecule has 2 aliphatic rings. The van der Waals surface area contributed by atoms with Gasteiger partial charge in [0.15, 0.2) is 0 Å². The van der Waals surface area contributed by atoms with Crippen LogP contribution in [-0.4, -0.2) is 60.9 Å². The predicted octanol–water partition coefficient (Wildman–Crippen LogP) is 0.913. The van der Waals surface area contributed by atoms with Crippen LogP contribution in [0.1, 0.15) is 25.7 Å². The van der Waals surface area contributed by atoms with Gasteiger partial charge < -0.3 is 10.6 Å². The molecule has 0 bridgehead atoms. The van der Waals surface area contributed by atoms with Crippen LogP contribution in [0.4, 0.5) is 8.78 Å². The van der Waals surface area contributed by atoms with Crippen LogP contribution >= 0.6 is 0 Å². The average Bonchev–Trinajstić information content (AvgIpc) is 2.75. The van der Waals surface area contributed by atoms with Crippen molar-refractivity contribution in [3.8, 4) is 0 Å². The molecule has 1 heterocycles. The molecule has 0 unspecified atom stereocenters. The molecule has 1 aliphatic carbocycles. The molecule has 1 saturated heterocycles. The molecule has 2 atom stereocenters. The molecule has 2 rings (SSSR count). The van der Waals surface area contributed by atoms with Gasteiger partial charge in [0.2, 0.25) is 5.91 Å². The lowest BCUT2D eigenvalue weighted by atomic mass is 9.99. The zero-order valence-electron chi connectivity index (χ0n) is 11.2. The van der Waals surface area contributed by atoms with Crippen LogP contribution in [-0.2, 0) is 4.79 Å². The number of amides is 1. The Morgan fingerprint density at radius 3 is 2.42 bits per heavy atom. The highest BCUT2D eigenvalue weighted by Crippen LogP contribution is 2.27. The summed E-state index contributed by atoms with van der Waals surface area (Å²) in [6.07, 6.45) is 1.40. The minimum Gasteiger partial charge on any atom is -0.340 e. The van der Waals surface area contributed by atoms with Crippen LogP contribution in [0, 0.1) is 5.92 Å². The molecule has 0 aromatic rings. The average molecular weight is 275 g/mol. The van der Waals surface area contributed by atoms with Crippen LogP contribution in [0.15, 0.2) is 0 Å². The number of hydrogen-bond acceptors (Lipinski definition) is 3. The topological polar surface area (TPSA) is 49.6 Å². The Labute approximate surface area is 112 Å². The normalized spacial score (nSPS) is 29.2. The van der Waals surface area contributed by atoms with E-state index >= 15 is 0 Å². The molecule has 2 N–H and O–H groups in total. The van der Waals surface area contributed by atoms with Crippen LogP contribution in [0.5, 0.6) is 0 Å². The molecule has 4 nitrogen and oxygen atoms in total. The maximum absolute atomic E-state index is 12.3. The summed E-state index contributed by atoms with van der Waals surface area (Å²) >= 11 is 0. The van der Waals surface area contributed by atoms with Crippen LogP contribution < -0.4 is 5.73 Å². The fourth-order valence-corrected chi connectivity index (χ4v) is 3.05. The quantitative estimate of drug-likeness (QED) is 0.830. The summed E-state index contributed by atoms with van der Waals surface area (Å²) in [6, 6.07) is 0.157. The molecule has 0 aromatic carbocycles. The maximum Gasteiger partial charge on any atom is 0.251 e. The number of rotatable bonds is 4. The summed E-state index contributed by atoms with van der Waals surface area (Å²) in [6.45, 7) is 2.04. The minimum absolute atomic E-state index is 0.138. The van der Waals surface area contributed by atoms with Gasteiger partial charge in [-0.2, -0.15) is 0 Å². The summed E-state index contributed by atoms with van der Waals surface area (Å²) in [7, 11) is 0. The Hall–Kier alpha value is -0.750. The molecule has 1 aliphatic heterocycles. The number of alkyl halides is 2. The lowest BCUT2D eigenvalue weighted by Gasteiger charge is -2.35. The Kier molecular flexibility index (Phi) is 5.10. The highest BCUT2D eigenvalue weighted by molar-refractivity contribution is 5.76. The van der Waals surface area contributed by atoms with Crippen molar-refractivity contribution in [1.82, 2.24) is 9.80 Å². The van der Waals surface area contributed by atoms with Crippen LogP contribution in [0.25, 0.3) is 0 Å². The number of nitrogens with zero attached hydrogens (tertiary/aromatic N) is 2. The fourth-order valence-electron chi connectivity index (χ4n) is 3.05. The zero-order valence-corrected chi connectivity index (χ0v) is 11.2. The monoisotopic (exact) mass is 275 g/mol. The van der Waals surface area contributed by atoms with Crippen molar-refractivity contribution in [2.24, 2.45) is 11.7 Å². The van der Waals surface area contributed by atoms with Crippen molar-refractivity contribution in [3.05, 3.63) is 0 Å². The van der Waals surface area contributed by atoms with Crippen molar-refractivity contribution in [2.75, 3.05) is 32.7 Å². The van der Waals surface area contributed by atoms with E-state index in [4.69, 9.17) is 5.73 Å². The standard InChI is InChI=1S/C13H23F2N3O/c14-12(15)9-17-4-6-18(7-5-17)13(19)8-10-2-1-3-11(10)16/h10-12H,1-9,16H2/t10-,11+/m0/s1. The van der Waals surface area contributed by atoms with Gasteiger partial charge in [0.05, 0.1) is 6.54 Å². The zero-order chi connectivity index (χ0) is 13.8. The number of nitrogens with two attached hydrogens (primary N) is 1. The number of halogens is 2. The molecular formula is C13H23F2N3O. The lowest BCUT2D eigenvalue weighted by molar-refractivity contribution is -0.134. The van der Waals surface area contributed by atoms with E-state index in [9.17, 15) is 13.6 Å². The molecule has 0 radical (unpaired) electrons. The molecule has 1 amide bonds. The Bertz CT molecular complexity index is 306. The number of hydrogen-bond donors (Lipinski definition) is 1. The third kappa shape index (κ3) is 4.11. The van der Waals surface area contributed by atoms with E-state index < -0.39 is 6.43 Å². The SMILES string of the molecule is N[C@@H]1CCC[C@H]1CC(=O)N1CCN(CC(F)F)CC1. The summed E-state index contributed by atoms with van der Waals surface area (Å²) in [4.78, 5) is 15.6. The van der Waals surface area contributed by atoms with Gasteiger partial charge in [-0.15, -0.1) is 0 Å². The summed E-state index contributed by atoms with van der Waals surface area (Å²) in [5.74, 6) is 0.450. The number of carbonyl (C=O) groups excluding carboxylic acids is 1. The van der Waals surface area contributed by atoms with Crippen LogP contribution in [0.2, 0.25) is 0 Å². The molecule has 110 valence electrons. The first-order valence-corrected chi connectivity index (χ1v) is 7.10. The summed E-state index contributed by atoms with van der Waals surface area (Å²) < 4.78 is 24.5. The van der Waals surface area contributed by atoms with Crippen molar-refractivity contribution in [1.29, 1.82) is 0 Å². The van der Waals surface area contributed by atoms with E-state index in [2.05, 4.69) is 0 Å². The molecule has 6 heteroatoms. The molecule has 1 saturated carbocycles. The van der Waals surface area contributed by atoms with E-state index in [1.165, 1.54) is 0 Å². The van der Waals surface area contributed by atoms with Crippen molar-refractivity contribution in [2.45, 2.75) is 38.2 Å². The largest absolute Gasteiger partial charge is 0.340 e. The third-order valence-electron chi connectivity index (χ3n) is 4.28. The second kappa shape index (κ2) is 6.61. The minimum atomic E-state index is -2.29. The second-order valence-electron chi connectivity index (χ2n) is 5.63. The van der Waals surface area contributed by atoms with Gasteiger partial charge in [-0.1, -0.05) is 6.42 Å². The van der Waals surface area contributed by atoms with E-state index in [0.717, 1.165) is 19.3 Å². The molecule has 0 spiro atoms. The first-order chi connectivity index (χ1) is 9.06. The highest BCUT2D eigenvalue weighted by Gasteiger charge is 2.29. The number of piperazine rings is 1. The van der Waals surface area contributed by atoms with Gasteiger partial charge in [-0.05, 0) is 18.8 Å². The Morgan fingerprint density at radius 2 is 1.89 bits per heavy atom. The van der Waals surface area contributed by atoms with Gasteiger partial charge >= 0.3 is 0 Å². The van der Waals surface area contributed by atoms with Gasteiger partial charge in [0.25, 0.3) is 6.43 Å². The smallest absolute Gasteiger partial charge is 0.251 e. The number of carbonyl (C=O) groups is 1. The van der Waals surface area contributed by atoms with Crippen LogP contribution in [0.3, 0.4) is 0 Å². The molecule has 0 aromatic heterocycles. The predicted molar refractivity (Wildman–Crippen MR) is 69.0 cm³/mol. The van der Waals surface area contributed by atoms with E-state index in [0.29, 0.717) is 38.5 Å². The summed E-state index contributed by atoms with van der Waals surface area (Å²) in [5.41, 5.74) is 5.97. The van der Waals surface area contributed by atoms with E-state index in [1.54, 1.807) is 9.80 Å². The Balaban J connectivity index is 1.73. The Morgan fingerprint density at radius 1 is 1.21 bits per heavy atom. The van der Waals surface area contributed by atoms with Gasteiger partial charge in [-0.3, -0.25) is 9.69 Å². The van der Waals surface area contributed by atoms with E-state index in [1.807, 2.05) is 0 Å². The maximum atomic E-state index is 12.3. The lowest BCUT2D eigenvalue weighted by Crippen LogP contribution is -2.50. The molecule has 19 heavy (non-hydrogen) atoms. The van der Waals surface area contributed by atoms with Crippen molar-refractivity contribution >= 4 is 5.91 Å². The molecular weight excluding hydrogens is 252 g/mol. The van der Waals surface area contributed by atoms with E-state index in [-0.39, 0.29) is 18.5 Å². The van der Waals surface area contributed by atoms with Crippen molar-refractivity contribution in [3.63, 3.8) is 0 Å². The second-order valence-corrected chi connectivity index (χ2v) is 5.63. The highest BCUT2D eigenvalue weighted by atomic mass is 19.3. The van der Waals surface area contributed by atoms with Gasteiger partial charge in [-0.25, -0.2) is 8.78 Å². The fraction of sp³-hybridized carbons (Fsp3) is 0.923. The molecule has 2 fully saturated rings. The third-order valence-corrected chi connectivity index (χ3v) is 4.28. The van der Waals surface area contributed by atoms with Gasteiger partial charge in [0.1, 0.15) is 0 Å². The van der Waals surface area contributed by atoms with Crippen molar-refractivity contribution < 1.29 is 13.6 Å². The first-order valence-electron chi connectivity index (χ1n) is 7.10. The van der Waals surface area contributed by atoms with Gasteiger partial charge in [0, 0.05) is 38.6 Å². The summed E-state index contributed by atoms with van der Waals surface area (Å²) in [5, 5.41) is 0. The first kappa shape index (κ1) is 14.7.